The summed E-state index contributed by atoms with van der Waals surface area (Å²) in [5.74, 6) is -0.612. The number of hydrogen-bond donors (Lipinski definition) is 5. The first-order valence-corrected chi connectivity index (χ1v) is 10.8. The number of fused-ring (bicyclic) bond motifs is 1. The lowest BCUT2D eigenvalue weighted by Gasteiger charge is -2.09. The van der Waals surface area contributed by atoms with Crippen LogP contribution in [0.15, 0.2) is 48.9 Å². The number of anilines is 1. The summed E-state index contributed by atoms with van der Waals surface area (Å²) in [5.41, 5.74) is 6.09. The summed E-state index contributed by atoms with van der Waals surface area (Å²) in [5, 5.41) is 17.7. The highest BCUT2D eigenvalue weighted by molar-refractivity contribution is 5.98. The Bertz CT molecular complexity index is 1350. The van der Waals surface area contributed by atoms with Crippen LogP contribution in [0.4, 0.5) is 10.7 Å². The van der Waals surface area contributed by atoms with Gasteiger partial charge in [-0.3, -0.25) is 20.1 Å². The number of amides is 2. The van der Waals surface area contributed by atoms with Crippen molar-refractivity contribution in [2.45, 2.75) is 19.9 Å². The molecule has 10 nitrogen and oxygen atoms in total. The van der Waals surface area contributed by atoms with Crippen molar-refractivity contribution >= 4 is 29.0 Å². The molecule has 4 aromatic rings. The van der Waals surface area contributed by atoms with Crippen molar-refractivity contribution in [2.75, 3.05) is 18.9 Å². The van der Waals surface area contributed by atoms with Crippen molar-refractivity contribution in [3.63, 3.8) is 0 Å². The first kappa shape index (κ1) is 22.9. The predicted molar refractivity (Wildman–Crippen MR) is 129 cm³/mol. The van der Waals surface area contributed by atoms with E-state index in [1.54, 1.807) is 24.7 Å². The van der Waals surface area contributed by atoms with Crippen molar-refractivity contribution in [3.05, 3.63) is 60.0 Å². The standard InChI is InChI=1S/C24H25N7O3/c1-3-27-24(34)31-23-29-20-10-16(17-6-15(8-21(32)33)12-26-13-17)9-18(22(20)30-23)19-7-14(11-25-2)4-5-28-19/h4-7,9-10,12-13,25H,3,8,11H2,1-2H3,(H,32,33)(H3,27,29,30,31,34). The summed E-state index contributed by atoms with van der Waals surface area (Å²) in [4.78, 5) is 39.7. The zero-order valence-electron chi connectivity index (χ0n) is 18.8. The Morgan fingerprint density at radius 3 is 2.71 bits per heavy atom. The number of carbonyl (C=O) groups is 2. The molecule has 5 N–H and O–H groups in total. The largest absolute Gasteiger partial charge is 0.481 e. The topological polar surface area (TPSA) is 145 Å². The Kier molecular flexibility index (Phi) is 6.79. The van der Waals surface area contributed by atoms with Gasteiger partial charge in [-0.1, -0.05) is 0 Å². The van der Waals surface area contributed by atoms with E-state index in [1.807, 2.05) is 38.2 Å². The van der Waals surface area contributed by atoms with E-state index >= 15 is 0 Å². The predicted octanol–water partition coefficient (Wildman–Crippen LogP) is 3.17. The molecule has 1 aromatic carbocycles. The second-order valence-electron chi connectivity index (χ2n) is 7.72. The molecule has 34 heavy (non-hydrogen) atoms. The van der Waals surface area contributed by atoms with Gasteiger partial charge in [-0.05, 0) is 61.0 Å². The Morgan fingerprint density at radius 2 is 1.94 bits per heavy atom. The molecule has 4 rings (SSSR count). The third kappa shape index (κ3) is 5.18. The lowest BCUT2D eigenvalue weighted by molar-refractivity contribution is -0.136. The van der Waals surface area contributed by atoms with E-state index < -0.39 is 5.97 Å². The van der Waals surface area contributed by atoms with E-state index in [2.05, 4.69) is 35.9 Å². The molecule has 0 fully saturated rings. The Hall–Kier alpha value is -4.31. The van der Waals surface area contributed by atoms with E-state index in [-0.39, 0.29) is 12.5 Å². The zero-order chi connectivity index (χ0) is 24.1. The van der Waals surface area contributed by atoms with Crippen LogP contribution in [0.25, 0.3) is 33.4 Å². The summed E-state index contributed by atoms with van der Waals surface area (Å²) in [7, 11) is 1.88. The number of benzene rings is 1. The van der Waals surface area contributed by atoms with Crippen molar-refractivity contribution in [1.29, 1.82) is 0 Å². The third-order valence-corrected chi connectivity index (χ3v) is 5.12. The molecule has 0 aliphatic heterocycles. The Labute approximate surface area is 195 Å². The minimum absolute atomic E-state index is 0.117. The number of aliphatic carboxylic acids is 1. The van der Waals surface area contributed by atoms with Gasteiger partial charge in [-0.2, -0.15) is 0 Å². The van der Waals surface area contributed by atoms with Gasteiger partial charge in [0.2, 0.25) is 5.95 Å². The third-order valence-electron chi connectivity index (χ3n) is 5.12. The highest BCUT2D eigenvalue weighted by Gasteiger charge is 2.16. The summed E-state index contributed by atoms with van der Waals surface area (Å²) in [6.45, 7) is 3.01. The number of carboxylic acid groups (broad SMARTS) is 1. The van der Waals surface area contributed by atoms with Gasteiger partial charge in [-0.25, -0.2) is 9.78 Å². The highest BCUT2D eigenvalue weighted by Crippen LogP contribution is 2.33. The van der Waals surface area contributed by atoms with Crippen LogP contribution in [0.2, 0.25) is 0 Å². The summed E-state index contributed by atoms with van der Waals surface area (Å²) in [6.07, 6.45) is 4.86. The molecule has 2 amide bonds. The molecule has 0 unspecified atom stereocenters. The first-order chi connectivity index (χ1) is 16.5. The molecule has 0 bridgehead atoms. The van der Waals surface area contributed by atoms with Crippen molar-refractivity contribution < 1.29 is 14.7 Å². The van der Waals surface area contributed by atoms with Crippen molar-refractivity contribution in [3.8, 4) is 22.4 Å². The van der Waals surface area contributed by atoms with Gasteiger partial charge in [0.25, 0.3) is 0 Å². The van der Waals surface area contributed by atoms with Crippen molar-refractivity contribution in [2.24, 2.45) is 0 Å². The highest BCUT2D eigenvalue weighted by atomic mass is 16.4. The molecule has 0 aliphatic rings. The Morgan fingerprint density at radius 1 is 1.09 bits per heavy atom. The molecular formula is C24H25N7O3. The van der Waals surface area contributed by atoms with Gasteiger partial charge in [0.05, 0.1) is 23.1 Å². The lowest BCUT2D eigenvalue weighted by atomic mass is 9.99. The summed E-state index contributed by atoms with van der Waals surface area (Å²) >= 11 is 0. The molecule has 0 saturated carbocycles. The zero-order valence-corrected chi connectivity index (χ0v) is 18.8. The fourth-order valence-electron chi connectivity index (χ4n) is 3.70. The van der Waals surface area contributed by atoms with Crippen LogP contribution in [-0.4, -0.2) is 50.6 Å². The lowest BCUT2D eigenvalue weighted by Crippen LogP contribution is -2.28. The van der Waals surface area contributed by atoms with E-state index in [4.69, 9.17) is 5.11 Å². The quantitative estimate of drug-likeness (QED) is 0.272. The van der Waals surface area contributed by atoms with Gasteiger partial charge >= 0.3 is 12.0 Å². The molecule has 0 aliphatic carbocycles. The van der Waals surface area contributed by atoms with Gasteiger partial charge in [0.1, 0.15) is 0 Å². The maximum atomic E-state index is 12.0. The minimum atomic E-state index is -0.921. The number of pyridine rings is 2. The molecule has 174 valence electrons. The number of nitrogens with zero attached hydrogens (tertiary/aromatic N) is 3. The van der Waals surface area contributed by atoms with Crippen molar-refractivity contribution in [1.82, 2.24) is 30.6 Å². The number of carboxylic acids is 1. The summed E-state index contributed by atoms with van der Waals surface area (Å²) < 4.78 is 0. The van der Waals surface area contributed by atoms with Crippen LogP contribution in [0, 0.1) is 0 Å². The maximum Gasteiger partial charge on any atom is 0.321 e. The molecule has 0 radical (unpaired) electrons. The van der Waals surface area contributed by atoms with Gasteiger partial charge in [-0.15, -0.1) is 0 Å². The summed E-state index contributed by atoms with van der Waals surface area (Å²) in [6, 6.07) is 9.22. The number of imidazole rings is 1. The van der Waals surface area contributed by atoms with Crippen LogP contribution in [0.1, 0.15) is 18.1 Å². The first-order valence-electron chi connectivity index (χ1n) is 10.8. The van der Waals surface area contributed by atoms with E-state index in [9.17, 15) is 9.59 Å². The van der Waals surface area contributed by atoms with E-state index in [0.717, 1.165) is 27.9 Å². The minimum Gasteiger partial charge on any atom is -0.481 e. The number of carbonyl (C=O) groups excluding carboxylic acids is 1. The number of H-pyrrole nitrogens is 1. The molecule has 10 heteroatoms. The Balaban J connectivity index is 1.85. The molecule has 0 saturated heterocycles. The van der Waals surface area contributed by atoms with Gasteiger partial charge < -0.3 is 20.7 Å². The fourth-order valence-corrected chi connectivity index (χ4v) is 3.70. The second kappa shape index (κ2) is 10.1. The van der Waals surface area contributed by atoms with Crippen LogP contribution in [-0.2, 0) is 17.8 Å². The number of aromatic amines is 1. The second-order valence-corrected chi connectivity index (χ2v) is 7.72. The molecule has 0 atom stereocenters. The maximum absolute atomic E-state index is 12.0. The normalized spacial score (nSPS) is 10.9. The number of rotatable bonds is 8. The average molecular weight is 460 g/mol. The van der Waals surface area contributed by atoms with Crippen LogP contribution < -0.4 is 16.0 Å². The van der Waals surface area contributed by atoms with Crippen LogP contribution in [0.3, 0.4) is 0 Å². The molecule has 3 aromatic heterocycles. The average Bonchev–Trinajstić information content (AvgIpc) is 3.21. The monoisotopic (exact) mass is 459 g/mol. The number of urea groups is 1. The number of nitrogens with one attached hydrogen (secondary N) is 4. The number of aromatic nitrogens is 4. The van der Waals surface area contributed by atoms with Gasteiger partial charge in [0.15, 0.2) is 0 Å². The van der Waals surface area contributed by atoms with Gasteiger partial charge in [0, 0.05) is 42.8 Å². The molecular weight excluding hydrogens is 434 g/mol. The molecule has 3 heterocycles. The van der Waals surface area contributed by atoms with Crippen LogP contribution in [0.5, 0.6) is 0 Å². The molecule has 0 spiro atoms. The van der Waals surface area contributed by atoms with Crippen LogP contribution >= 0.6 is 0 Å². The van der Waals surface area contributed by atoms with E-state index in [0.29, 0.717) is 35.6 Å². The van der Waals surface area contributed by atoms with E-state index in [1.165, 1.54) is 0 Å². The smallest absolute Gasteiger partial charge is 0.321 e. The SMILES string of the molecule is CCNC(=O)Nc1nc2c(-c3cc(CNC)ccn3)cc(-c3cncc(CC(=O)O)c3)cc2[nH]1. The number of hydrogen-bond acceptors (Lipinski definition) is 6. The fraction of sp³-hybridized carbons (Fsp3) is 0.208.